The first-order chi connectivity index (χ1) is 9.45. The van der Waals surface area contributed by atoms with E-state index in [-0.39, 0.29) is 24.6 Å². The molecule has 0 spiro atoms. The molecule has 20 heavy (non-hydrogen) atoms. The van der Waals surface area contributed by atoms with Crippen LogP contribution in [0.15, 0.2) is 12.1 Å². The number of hydrogen-bond donors (Lipinski definition) is 0. The standard InChI is InChI=1S/C13H14N2O5/c1-8-3-11(12(15(18)19)4-9(8)2)13(17)14-7-20-6-10(14)5-16/h3-5,10H,6-7H2,1-2H3/t10-/m1/s1. The second kappa shape index (κ2) is 5.38. The van der Waals surface area contributed by atoms with Crippen LogP contribution in [0.25, 0.3) is 0 Å². The van der Waals surface area contributed by atoms with Gasteiger partial charge in [0.05, 0.1) is 11.5 Å². The third-order valence-corrected chi connectivity index (χ3v) is 3.38. The van der Waals surface area contributed by atoms with Crippen molar-refractivity contribution in [3.63, 3.8) is 0 Å². The van der Waals surface area contributed by atoms with Crippen LogP contribution in [0.4, 0.5) is 5.69 Å². The average molecular weight is 278 g/mol. The molecule has 0 N–H and O–H groups in total. The SMILES string of the molecule is Cc1cc(C(=O)N2COC[C@H]2C=O)c([N+](=O)[O-])cc1C. The van der Waals surface area contributed by atoms with Crippen molar-refractivity contribution in [1.82, 2.24) is 4.90 Å². The molecular weight excluding hydrogens is 264 g/mol. The molecule has 7 heteroatoms. The van der Waals surface area contributed by atoms with Gasteiger partial charge in [0.2, 0.25) is 0 Å². The second-order valence-corrected chi connectivity index (χ2v) is 4.69. The van der Waals surface area contributed by atoms with E-state index in [4.69, 9.17) is 4.74 Å². The summed E-state index contributed by atoms with van der Waals surface area (Å²) in [6.07, 6.45) is 0.609. The summed E-state index contributed by atoms with van der Waals surface area (Å²) < 4.78 is 5.06. The van der Waals surface area contributed by atoms with E-state index in [1.165, 1.54) is 17.0 Å². The van der Waals surface area contributed by atoms with Crippen molar-refractivity contribution < 1.29 is 19.2 Å². The van der Waals surface area contributed by atoms with Gasteiger partial charge < -0.3 is 14.4 Å². The van der Waals surface area contributed by atoms with Crippen LogP contribution in [-0.4, -0.2) is 41.4 Å². The molecule has 0 bridgehead atoms. The maximum atomic E-state index is 12.4. The van der Waals surface area contributed by atoms with Crippen LogP contribution in [0.5, 0.6) is 0 Å². The minimum absolute atomic E-state index is 0.0181. The number of nitrogens with zero attached hydrogens (tertiary/aromatic N) is 2. The number of rotatable bonds is 3. The van der Waals surface area contributed by atoms with E-state index in [2.05, 4.69) is 0 Å². The number of amides is 1. The number of hydrogen-bond acceptors (Lipinski definition) is 5. The van der Waals surface area contributed by atoms with E-state index >= 15 is 0 Å². The number of nitro groups is 1. The average Bonchev–Trinajstić information content (AvgIpc) is 2.88. The predicted molar refractivity (Wildman–Crippen MR) is 69.4 cm³/mol. The van der Waals surface area contributed by atoms with Gasteiger partial charge in [-0.2, -0.15) is 0 Å². The Morgan fingerprint density at radius 3 is 2.70 bits per heavy atom. The number of carbonyl (C=O) groups is 2. The molecule has 1 aromatic rings. The number of carbonyl (C=O) groups excluding carboxylic acids is 2. The molecule has 1 amide bonds. The number of aldehydes is 1. The van der Waals surface area contributed by atoms with Crippen molar-refractivity contribution >= 4 is 17.9 Å². The summed E-state index contributed by atoms with van der Waals surface area (Å²) in [6.45, 7) is 3.59. The van der Waals surface area contributed by atoms with Gasteiger partial charge in [-0.25, -0.2) is 0 Å². The molecule has 1 aromatic carbocycles. The fraction of sp³-hybridized carbons (Fsp3) is 0.385. The van der Waals surface area contributed by atoms with Gasteiger partial charge >= 0.3 is 0 Å². The van der Waals surface area contributed by atoms with E-state index in [0.717, 1.165) is 11.1 Å². The molecule has 0 unspecified atom stereocenters. The molecule has 1 atom stereocenters. The Labute approximate surface area is 115 Å². The third-order valence-electron chi connectivity index (χ3n) is 3.38. The van der Waals surface area contributed by atoms with Gasteiger partial charge in [-0.05, 0) is 31.0 Å². The fourth-order valence-electron chi connectivity index (χ4n) is 2.06. The molecule has 0 aliphatic carbocycles. The van der Waals surface area contributed by atoms with Crippen molar-refractivity contribution in [2.45, 2.75) is 19.9 Å². The van der Waals surface area contributed by atoms with Gasteiger partial charge in [-0.3, -0.25) is 14.9 Å². The zero-order chi connectivity index (χ0) is 14.9. The molecule has 0 radical (unpaired) electrons. The number of ether oxygens (including phenoxy) is 1. The van der Waals surface area contributed by atoms with Crippen molar-refractivity contribution in [3.05, 3.63) is 38.9 Å². The molecule has 1 fully saturated rings. The fourth-order valence-corrected chi connectivity index (χ4v) is 2.06. The third kappa shape index (κ3) is 2.39. The highest BCUT2D eigenvalue weighted by atomic mass is 16.6. The summed E-state index contributed by atoms with van der Waals surface area (Å²) in [7, 11) is 0. The predicted octanol–water partition coefficient (Wildman–Crippen LogP) is 1.21. The molecule has 1 aliphatic heterocycles. The number of aryl methyl sites for hydroxylation is 2. The van der Waals surface area contributed by atoms with Gasteiger partial charge in [0.15, 0.2) is 0 Å². The van der Waals surface area contributed by atoms with Crippen LogP contribution >= 0.6 is 0 Å². The Hall–Kier alpha value is -2.28. The molecular formula is C13H14N2O5. The highest BCUT2D eigenvalue weighted by molar-refractivity contribution is 5.99. The van der Waals surface area contributed by atoms with Crippen molar-refractivity contribution in [2.24, 2.45) is 0 Å². The normalized spacial score (nSPS) is 18.1. The van der Waals surface area contributed by atoms with E-state index in [1.54, 1.807) is 13.8 Å². The molecule has 1 saturated heterocycles. The minimum Gasteiger partial charge on any atom is -0.358 e. The highest BCUT2D eigenvalue weighted by Gasteiger charge is 2.33. The maximum absolute atomic E-state index is 12.4. The van der Waals surface area contributed by atoms with Crippen LogP contribution < -0.4 is 0 Å². The van der Waals surface area contributed by atoms with Gasteiger partial charge in [-0.1, -0.05) is 0 Å². The van der Waals surface area contributed by atoms with E-state index < -0.39 is 16.9 Å². The molecule has 7 nitrogen and oxygen atoms in total. The Morgan fingerprint density at radius 1 is 1.45 bits per heavy atom. The zero-order valence-electron chi connectivity index (χ0n) is 11.2. The van der Waals surface area contributed by atoms with Crippen LogP contribution in [0, 0.1) is 24.0 Å². The van der Waals surface area contributed by atoms with E-state index in [0.29, 0.717) is 6.29 Å². The minimum atomic E-state index is -0.691. The van der Waals surface area contributed by atoms with Crippen LogP contribution in [0.2, 0.25) is 0 Å². The van der Waals surface area contributed by atoms with Gasteiger partial charge in [0, 0.05) is 6.07 Å². The number of benzene rings is 1. The summed E-state index contributed by atoms with van der Waals surface area (Å²) in [5.74, 6) is -0.561. The first-order valence-electron chi connectivity index (χ1n) is 6.05. The summed E-state index contributed by atoms with van der Waals surface area (Å²) in [5.41, 5.74) is 1.24. The summed E-state index contributed by atoms with van der Waals surface area (Å²) >= 11 is 0. The first-order valence-corrected chi connectivity index (χ1v) is 6.05. The smallest absolute Gasteiger partial charge is 0.282 e. The Morgan fingerprint density at radius 2 is 2.10 bits per heavy atom. The highest BCUT2D eigenvalue weighted by Crippen LogP contribution is 2.26. The van der Waals surface area contributed by atoms with Crippen molar-refractivity contribution in [1.29, 1.82) is 0 Å². The Bertz CT molecular complexity index is 584. The lowest BCUT2D eigenvalue weighted by atomic mass is 10.0. The molecule has 1 heterocycles. The quantitative estimate of drug-likeness (QED) is 0.471. The van der Waals surface area contributed by atoms with Crippen LogP contribution in [0.1, 0.15) is 21.5 Å². The zero-order valence-corrected chi connectivity index (χ0v) is 11.2. The lowest BCUT2D eigenvalue weighted by Gasteiger charge is -2.18. The Kier molecular flexibility index (Phi) is 3.80. The van der Waals surface area contributed by atoms with Gasteiger partial charge in [0.1, 0.15) is 24.6 Å². The van der Waals surface area contributed by atoms with Gasteiger partial charge in [-0.15, -0.1) is 0 Å². The van der Waals surface area contributed by atoms with E-state index in [9.17, 15) is 19.7 Å². The molecule has 2 rings (SSSR count). The first kappa shape index (κ1) is 14.1. The molecule has 0 saturated carbocycles. The maximum Gasteiger partial charge on any atom is 0.282 e. The monoisotopic (exact) mass is 278 g/mol. The van der Waals surface area contributed by atoms with Crippen molar-refractivity contribution in [2.75, 3.05) is 13.3 Å². The molecule has 1 aliphatic rings. The van der Waals surface area contributed by atoms with Crippen LogP contribution in [0.3, 0.4) is 0 Å². The lowest BCUT2D eigenvalue weighted by molar-refractivity contribution is -0.385. The number of nitro benzene ring substituents is 1. The van der Waals surface area contributed by atoms with Gasteiger partial charge in [0.25, 0.3) is 11.6 Å². The second-order valence-electron chi connectivity index (χ2n) is 4.69. The molecule has 106 valence electrons. The summed E-state index contributed by atoms with van der Waals surface area (Å²) in [6, 6.07) is 2.16. The van der Waals surface area contributed by atoms with E-state index in [1.807, 2.05) is 0 Å². The summed E-state index contributed by atoms with van der Waals surface area (Å²) in [4.78, 5) is 35.0. The topological polar surface area (TPSA) is 89.8 Å². The molecule has 0 aromatic heterocycles. The van der Waals surface area contributed by atoms with Crippen LogP contribution in [-0.2, 0) is 9.53 Å². The lowest BCUT2D eigenvalue weighted by Crippen LogP contribution is -2.37. The largest absolute Gasteiger partial charge is 0.358 e. The summed E-state index contributed by atoms with van der Waals surface area (Å²) in [5, 5.41) is 11.1. The Balaban J connectivity index is 2.46. The van der Waals surface area contributed by atoms with Crippen molar-refractivity contribution in [3.8, 4) is 0 Å².